The molecule has 0 atom stereocenters. The zero-order valence-corrected chi connectivity index (χ0v) is 15.7. The zero-order chi connectivity index (χ0) is 27.8. The SMILES string of the molecule is C[NH+](C)C.O=C([O-])C(=C(F)C(F)(F)C(F)(F)C(F)(F)C(F)(F)C(F)(F)C(F)(F)F)C(F)(F)F. The molecular formula is C13H10F17NO2. The average Bonchev–Trinajstić information content (AvgIpc) is 2.50. The third kappa shape index (κ3) is 5.92. The van der Waals surface area contributed by atoms with Crippen molar-refractivity contribution in [3.8, 4) is 0 Å². The number of aliphatic carboxylic acids is 1. The van der Waals surface area contributed by atoms with E-state index in [0.717, 1.165) is 0 Å². The average molecular weight is 535 g/mol. The monoisotopic (exact) mass is 535 g/mol. The Morgan fingerprint density at radius 2 is 0.879 bits per heavy atom. The molecule has 0 amide bonds. The van der Waals surface area contributed by atoms with Gasteiger partial charge in [-0.2, -0.15) is 70.2 Å². The number of hydrogen-bond donors (Lipinski definition) is 1. The minimum Gasteiger partial charge on any atom is -0.545 e. The van der Waals surface area contributed by atoms with Crippen molar-refractivity contribution >= 4 is 5.97 Å². The number of halogens is 17. The lowest BCUT2D eigenvalue weighted by Gasteiger charge is -2.39. The summed E-state index contributed by atoms with van der Waals surface area (Å²) < 4.78 is 214. The van der Waals surface area contributed by atoms with Crippen LogP contribution in [-0.4, -0.2) is 69.1 Å². The van der Waals surface area contributed by atoms with Crippen LogP contribution in [0.3, 0.4) is 0 Å². The van der Waals surface area contributed by atoms with Crippen molar-refractivity contribution in [2.75, 3.05) is 21.1 Å². The first-order valence-electron chi connectivity index (χ1n) is 7.37. The number of allylic oxidation sites excluding steroid dienone is 1. The van der Waals surface area contributed by atoms with Crippen molar-refractivity contribution in [3.63, 3.8) is 0 Å². The van der Waals surface area contributed by atoms with E-state index in [4.69, 9.17) is 0 Å². The van der Waals surface area contributed by atoms with Gasteiger partial charge in [-0.3, -0.25) is 0 Å². The molecule has 0 aromatic carbocycles. The van der Waals surface area contributed by atoms with Crippen LogP contribution in [0.5, 0.6) is 0 Å². The second-order valence-electron chi connectivity index (χ2n) is 6.34. The standard InChI is InChI=1S/C10HF17O2.C3H9N/c11-2(1(3(28)29)5(14,15)16)4(12,13)6(17,18)7(19,20)8(21,22)9(23,24)10(25,26)27;1-4(2)3/h(H,28,29);1-3H3. The Kier molecular flexibility index (Phi) is 9.36. The van der Waals surface area contributed by atoms with Crippen LogP contribution in [0.4, 0.5) is 74.6 Å². The van der Waals surface area contributed by atoms with E-state index in [9.17, 15) is 84.5 Å². The molecule has 20 heteroatoms. The number of alkyl halides is 16. The van der Waals surface area contributed by atoms with Gasteiger partial charge >= 0.3 is 42.0 Å². The first-order valence-corrected chi connectivity index (χ1v) is 7.37. The Bertz CT molecular complexity index is 729. The molecule has 0 aliphatic heterocycles. The van der Waals surface area contributed by atoms with Crippen LogP contribution < -0.4 is 10.0 Å². The number of rotatable bonds is 6. The molecule has 0 saturated heterocycles. The molecule has 0 radical (unpaired) electrons. The van der Waals surface area contributed by atoms with Gasteiger partial charge in [-0.25, -0.2) is 4.39 Å². The highest BCUT2D eigenvalue weighted by molar-refractivity contribution is 5.87. The highest BCUT2D eigenvalue weighted by Gasteiger charge is 2.91. The Labute approximate surface area is 171 Å². The molecule has 0 unspecified atom stereocenters. The van der Waals surface area contributed by atoms with Gasteiger partial charge in [0.2, 0.25) is 0 Å². The Morgan fingerprint density at radius 3 is 1.09 bits per heavy atom. The first kappa shape index (κ1) is 33.2. The molecule has 0 fully saturated rings. The topological polar surface area (TPSA) is 44.6 Å². The minimum absolute atomic E-state index is 1.42. The lowest BCUT2D eigenvalue weighted by molar-refractivity contribution is -0.836. The maximum Gasteiger partial charge on any atom is 0.460 e. The van der Waals surface area contributed by atoms with Crippen LogP contribution in [0.2, 0.25) is 0 Å². The lowest BCUT2D eigenvalue weighted by Crippen LogP contribution is -3.02. The molecule has 0 aromatic rings. The van der Waals surface area contributed by atoms with Gasteiger partial charge in [-0.05, 0) is 0 Å². The number of carbonyl (C=O) groups excluding carboxylic acids is 1. The predicted octanol–water partition coefficient (Wildman–Crippen LogP) is 3.02. The summed E-state index contributed by atoms with van der Waals surface area (Å²) in [6.07, 6.45) is -14.7. The van der Waals surface area contributed by atoms with Gasteiger partial charge in [0.25, 0.3) is 0 Å². The fourth-order valence-electron chi connectivity index (χ4n) is 1.39. The van der Waals surface area contributed by atoms with Gasteiger partial charge in [0.05, 0.1) is 27.1 Å². The van der Waals surface area contributed by atoms with Crippen molar-refractivity contribution in [3.05, 3.63) is 11.4 Å². The quantitative estimate of drug-likeness (QED) is 0.420. The molecule has 0 rings (SSSR count). The second kappa shape index (κ2) is 9.32. The van der Waals surface area contributed by atoms with Crippen molar-refractivity contribution < 1.29 is 89.4 Å². The summed E-state index contributed by atoms with van der Waals surface area (Å²) in [5.41, 5.74) is -4.45. The highest BCUT2D eigenvalue weighted by Crippen LogP contribution is 2.61. The van der Waals surface area contributed by atoms with E-state index < -0.39 is 59.3 Å². The number of carboxylic acid groups (broad SMARTS) is 1. The van der Waals surface area contributed by atoms with E-state index in [0.29, 0.717) is 0 Å². The predicted molar refractivity (Wildman–Crippen MR) is 68.7 cm³/mol. The van der Waals surface area contributed by atoms with Crippen LogP contribution in [0, 0.1) is 0 Å². The molecular weight excluding hydrogens is 525 g/mol. The largest absolute Gasteiger partial charge is 0.545 e. The van der Waals surface area contributed by atoms with Gasteiger partial charge in [-0.15, -0.1) is 0 Å². The summed E-state index contributed by atoms with van der Waals surface area (Å²) >= 11 is 0. The Morgan fingerprint density at radius 1 is 0.606 bits per heavy atom. The van der Waals surface area contributed by atoms with E-state index in [1.807, 2.05) is 0 Å². The fraction of sp³-hybridized carbons (Fsp3) is 0.769. The molecule has 1 N–H and O–H groups in total. The van der Waals surface area contributed by atoms with E-state index >= 15 is 0 Å². The molecule has 3 nitrogen and oxygen atoms in total. The van der Waals surface area contributed by atoms with Crippen molar-refractivity contribution in [2.45, 2.75) is 42.0 Å². The van der Waals surface area contributed by atoms with Gasteiger partial charge < -0.3 is 14.8 Å². The molecule has 0 spiro atoms. The lowest BCUT2D eigenvalue weighted by atomic mass is 9.92. The van der Waals surface area contributed by atoms with E-state index in [1.54, 1.807) is 0 Å². The van der Waals surface area contributed by atoms with Crippen LogP contribution in [0.1, 0.15) is 0 Å². The number of hydrogen-bond acceptors (Lipinski definition) is 2. The summed E-state index contributed by atoms with van der Waals surface area (Å²) in [6, 6.07) is 0. The molecule has 0 aliphatic carbocycles. The molecule has 33 heavy (non-hydrogen) atoms. The van der Waals surface area contributed by atoms with Crippen LogP contribution in [0.15, 0.2) is 11.4 Å². The maximum atomic E-state index is 13.1. The van der Waals surface area contributed by atoms with Crippen LogP contribution >= 0.6 is 0 Å². The minimum atomic E-state index is -8.59. The Balaban J connectivity index is 0. The van der Waals surface area contributed by atoms with Gasteiger partial charge in [0, 0.05) is 0 Å². The summed E-state index contributed by atoms with van der Waals surface area (Å²) in [4.78, 5) is 11.4. The molecule has 0 heterocycles. The van der Waals surface area contributed by atoms with Crippen molar-refractivity contribution in [1.29, 1.82) is 0 Å². The van der Waals surface area contributed by atoms with E-state index in [-0.39, 0.29) is 0 Å². The Hall–Kier alpha value is -2.02. The number of nitrogens with one attached hydrogen (secondary N) is 1. The van der Waals surface area contributed by atoms with Gasteiger partial charge in [-0.1, -0.05) is 0 Å². The number of carbonyl (C=O) groups is 1. The third-order valence-electron chi connectivity index (χ3n) is 2.92. The second-order valence-corrected chi connectivity index (χ2v) is 6.34. The molecule has 0 aromatic heterocycles. The number of quaternary nitrogens is 1. The maximum absolute atomic E-state index is 13.1. The number of carboxylic acids is 1. The van der Waals surface area contributed by atoms with Gasteiger partial charge in [0.1, 0.15) is 5.57 Å². The smallest absolute Gasteiger partial charge is 0.460 e. The van der Waals surface area contributed by atoms with Gasteiger partial charge in [0.15, 0.2) is 5.83 Å². The summed E-state index contributed by atoms with van der Waals surface area (Å²) in [7, 11) is 6.25. The molecule has 198 valence electrons. The highest BCUT2D eigenvalue weighted by atomic mass is 19.4. The van der Waals surface area contributed by atoms with E-state index in [2.05, 4.69) is 21.1 Å². The zero-order valence-electron chi connectivity index (χ0n) is 15.7. The molecule has 0 saturated carbocycles. The van der Waals surface area contributed by atoms with Crippen LogP contribution in [0.25, 0.3) is 0 Å². The van der Waals surface area contributed by atoms with Crippen molar-refractivity contribution in [1.82, 2.24) is 0 Å². The summed E-state index contributed by atoms with van der Waals surface area (Å²) in [5.74, 6) is -51.0. The molecule has 0 aliphatic rings. The normalized spacial score (nSPS) is 15.7. The van der Waals surface area contributed by atoms with E-state index in [1.165, 1.54) is 4.90 Å². The van der Waals surface area contributed by atoms with Crippen molar-refractivity contribution in [2.24, 2.45) is 0 Å². The fourth-order valence-corrected chi connectivity index (χ4v) is 1.39. The summed E-state index contributed by atoms with van der Waals surface area (Å²) in [5, 5.41) is 9.99. The molecule has 0 bridgehead atoms. The third-order valence-corrected chi connectivity index (χ3v) is 2.92. The van der Waals surface area contributed by atoms with Crippen LogP contribution in [-0.2, 0) is 4.79 Å². The summed E-state index contributed by atoms with van der Waals surface area (Å²) in [6.45, 7) is 0. The first-order chi connectivity index (χ1) is 14.0.